The van der Waals surface area contributed by atoms with Gasteiger partial charge in [0.05, 0.1) is 5.69 Å². The monoisotopic (exact) mass is 249 g/mol. The van der Waals surface area contributed by atoms with Crippen molar-refractivity contribution in [2.24, 2.45) is 0 Å². The van der Waals surface area contributed by atoms with Crippen LogP contribution in [0.1, 0.15) is 57.7 Å². The smallest absolute Gasteiger partial charge is 0.268 e. The summed E-state index contributed by atoms with van der Waals surface area (Å²) in [4.78, 5) is 11.7. The molecule has 1 aliphatic rings. The lowest BCUT2D eigenvalue weighted by Crippen LogP contribution is -2.30. The van der Waals surface area contributed by atoms with Gasteiger partial charge in [0.1, 0.15) is 0 Å². The SMILES string of the molecule is CC(C)(C)c1cc(CNC2CCCC2)c(=O)[nH]n1. The second kappa shape index (κ2) is 5.22. The van der Waals surface area contributed by atoms with Crippen molar-refractivity contribution < 1.29 is 0 Å². The Hall–Kier alpha value is -1.16. The van der Waals surface area contributed by atoms with Crippen LogP contribution in [-0.2, 0) is 12.0 Å². The Balaban J connectivity index is 2.09. The fourth-order valence-corrected chi connectivity index (χ4v) is 2.35. The third kappa shape index (κ3) is 3.19. The van der Waals surface area contributed by atoms with Crippen molar-refractivity contribution >= 4 is 0 Å². The van der Waals surface area contributed by atoms with Crippen molar-refractivity contribution in [1.29, 1.82) is 0 Å². The maximum absolute atomic E-state index is 11.7. The van der Waals surface area contributed by atoms with Crippen molar-refractivity contribution in [2.75, 3.05) is 0 Å². The van der Waals surface area contributed by atoms with Crippen LogP contribution in [0.5, 0.6) is 0 Å². The van der Waals surface area contributed by atoms with Crippen molar-refractivity contribution in [3.8, 4) is 0 Å². The summed E-state index contributed by atoms with van der Waals surface area (Å²) in [6.07, 6.45) is 5.07. The first-order valence-corrected chi connectivity index (χ1v) is 6.79. The molecule has 100 valence electrons. The Morgan fingerprint density at radius 2 is 2.06 bits per heavy atom. The average molecular weight is 249 g/mol. The molecule has 0 atom stereocenters. The average Bonchev–Trinajstić information content (AvgIpc) is 2.79. The fraction of sp³-hybridized carbons (Fsp3) is 0.714. The van der Waals surface area contributed by atoms with Crippen LogP contribution in [0.25, 0.3) is 0 Å². The molecule has 1 aromatic heterocycles. The summed E-state index contributed by atoms with van der Waals surface area (Å²) < 4.78 is 0. The van der Waals surface area contributed by atoms with Gasteiger partial charge in [0, 0.05) is 23.6 Å². The van der Waals surface area contributed by atoms with Gasteiger partial charge in [-0.25, -0.2) is 5.10 Å². The highest BCUT2D eigenvalue weighted by molar-refractivity contribution is 5.18. The molecular weight excluding hydrogens is 226 g/mol. The van der Waals surface area contributed by atoms with Crippen LogP contribution >= 0.6 is 0 Å². The van der Waals surface area contributed by atoms with Gasteiger partial charge in [-0.15, -0.1) is 0 Å². The summed E-state index contributed by atoms with van der Waals surface area (Å²) in [7, 11) is 0. The molecule has 4 heteroatoms. The normalized spacial score (nSPS) is 17.3. The van der Waals surface area contributed by atoms with E-state index in [1.165, 1.54) is 25.7 Å². The van der Waals surface area contributed by atoms with Gasteiger partial charge >= 0.3 is 0 Å². The van der Waals surface area contributed by atoms with E-state index >= 15 is 0 Å². The van der Waals surface area contributed by atoms with Crippen LogP contribution in [0.15, 0.2) is 10.9 Å². The van der Waals surface area contributed by atoms with E-state index in [2.05, 4.69) is 36.3 Å². The Morgan fingerprint density at radius 3 is 2.67 bits per heavy atom. The number of nitrogens with one attached hydrogen (secondary N) is 2. The summed E-state index contributed by atoms with van der Waals surface area (Å²) in [6.45, 7) is 6.94. The van der Waals surface area contributed by atoms with E-state index in [9.17, 15) is 4.79 Å². The van der Waals surface area contributed by atoms with Crippen LogP contribution in [0.2, 0.25) is 0 Å². The van der Waals surface area contributed by atoms with E-state index in [1.807, 2.05) is 6.07 Å². The summed E-state index contributed by atoms with van der Waals surface area (Å²) >= 11 is 0. The van der Waals surface area contributed by atoms with Crippen LogP contribution in [-0.4, -0.2) is 16.2 Å². The predicted molar refractivity (Wildman–Crippen MR) is 72.7 cm³/mol. The molecule has 18 heavy (non-hydrogen) atoms. The minimum Gasteiger partial charge on any atom is -0.310 e. The van der Waals surface area contributed by atoms with Gasteiger partial charge in [0.15, 0.2) is 0 Å². The van der Waals surface area contributed by atoms with Crippen molar-refractivity contribution in [3.05, 3.63) is 27.7 Å². The number of aromatic nitrogens is 2. The fourth-order valence-electron chi connectivity index (χ4n) is 2.35. The zero-order chi connectivity index (χ0) is 13.2. The molecule has 1 fully saturated rings. The number of hydrogen-bond acceptors (Lipinski definition) is 3. The van der Waals surface area contributed by atoms with E-state index in [0.717, 1.165) is 11.3 Å². The van der Waals surface area contributed by atoms with Gasteiger partial charge in [-0.05, 0) is 18.9 Å². The lowest BCUT2D eigenvalue weighted by molar-refractivity contribution is 0.516. The van der Waals surface area contributed by atoms with E-state index in [-0.39, 0.29) is 11.0 Å². The summed E-state index contributed by atoms with van der Waals surface area (Å²) in [5, 5.41) is 10.2. The Bertz CT molecular complexity index is 453. The molecule has 0 aromatic carbocycles. The summed E-state index contributed by atoms with van der Waals surface area (Å²) in [5.74, 6) is 0. The van der Waals surface area contributed by atoms with E-state index in [4.69, 9.17) is 0 Å². The Kier molecular flexibility index (Phi) is 3.85. The maximum Gasteiger partial charge on any atom is 0.268 e. The van der Waals surface area contributed by atoms with Crippen LogP contribution in [0.3, 0.4) is 0 Å². The quantitative estimate of drug-likeness (QED) is 0.862. The highest BCUT2D eigenvalue weighted by atomic mass is 16.1. The first-order chi connectivity index (χ1) is 8.47. The van der Waals surface area contributed by atoms with Gasteiger partial charge in [-0.1, -0.05) is 33.6 Å². The number of aromatic amines is 1. The molecule has 1 heterocycles. The topological polar surface area (TPSA) is 57.8 Å². The maximum atomic E-state index is 11.7. The van der Waals surface area contributed by atoms with Crippen molar-refractivity contribution in [1.82, 2.24) is 15.5 Å². The molecule has 0 radical (unpaired) electrons. The van der Waals surface area contributed by atoms with Gasteiger partial charge in [-0.3, -0.25) is 4.79 Å². The van der Waals surface area contributed by atoms with Crippen molar-refractivity contribution in [2.45, 2.75) is 64.5 Å². The number of rotatable bonds is 3. The van der Waals surface area contributed by atoms with Crippen molar-refractivity contribution in [3.63, 3.8) is 0 Å². The molecule has 0 bridgehead atoms. The van der Waals surface area contributed by atoms with Crippen LogP contribution in [0, 0.1) is 0 Å². The third-order valence-corrected chi connectivity index (χ3v) is 3.59. The zero-order valence-electron chi connectivity index (χ0n) is 11.5. The molecule has 2 rings (SSSR count). The van der Waals surface area contributed by atoms with Gasteiger partial charge in [-0.2, -0.15) is 5.10 Å². The minimum atomic E-state index is -0.0755. The van der Waals surface area contributed by atoms with E-state index in [1.54, 1.807) is 0 Å². The standard InChI is InChI=1S/C14H23N3O/c1-14(2,3)12-8-10(13(18)17-16-12)9-15-11-6-4-5-7-11/h8,11,15H,4-7,9H2,1-3H3,(H,17,18). The molecule has 2 N–H and O–H groups in total. The largest absolute Gasteiger partial charge is 0.310 e. The molecule has 1 aromatic rings. The Morgan fingerprint density at radius 1 is 1.39 bits per heavy atom. The van der Waals surface area contributed by atoms with Crippen LogP contribution in [0.4, 0.5) is 0 Å². The number of nitrogens with zero attached hydrogens (tertiary/aromatic N) is 1. The molecule has 0 aliphatic heterocycles. The molecule has 4 nitrogen and oxygen atoms in total. The van der Waals surface area contributed by atoms with Gasteiger partial charge in [0.25, 0.3) is 5.56 Å². The van der Waals surface area contributed by atoms with E-state index in [0.29, 0.717) is 12.6 Å². The molecule has 0 unspecified atom stereocenters. The predicted octanol–water partition coefficient (Wildman–Crippen LogP) is 2.10. The highest BCUT2D eigenvalue weighted by Crippen LogP contribution is 2.20. The Labute approximate surface area is 108 Å². The lowest BCUT2D eigenvalue weighted by Gasteiger charge is -2.18. The number of hydrogen-bond donors (Lipinski definition) is 2. The van der Waals surface area contributed by atoms with E-state index < -0.39 is 0 Å². The minimum absolute atomic E-state index is 0.0354. The molecule has 1 aliphatic carbocycles. The first-order valence-electron chi connectivity index (χ1n) is 6.79. The molecule has 0 saturated heterocycles. The lowest BCUT2D eigenvalue weighted by atomic mass is 9.91. The third-order valence-electron chi connectivity index (χ3n) is 3.59. The molecular formula is C14H23N3O. The molecule has 0 spiro atoms. The second-order valence-electron chi connectivity index (χ2n) is 6.22. The van der Waals surface area contributed by atoms with Gasteiger partial charge < -0.3 is 5.32 Å². The van der Waals surface area contributed by atoms with Gasteiger partial charge in [0.2, 0.25) is 0 Å². The summed E-state index contributed by atoms with van der Waals surface area (Å²) in [5.41, 5.74) is 1.62. The molecule has 0 amide bonds. The van der Waals surface area contributed by atoms with Crippen LogP contribution < -0.4 is 10.9 Å². The zero-order valence-corrected chi connectivity index (χ0v) is 11.5. The number of H-pyrrole nitrogens is 1. The first kappa shape index (κ1) is 13.3. The highest BCUT2D eigenvalue weighted by Gasteiger charge is 2.18. The molecule has 1 saturated carbocycles. The summed E-state index contributed by atoms with van der Waals surface area (Å²) in [6, 6.07) is 2.51. The second-order valence-corrected chi connectivity index (χ2v) is 6.22.